The highest BCUT2D eigenvalue weighted by Crippen LogP contribution is 2.24. The van der Waals surface area contributed by atoms with Gasteiger partial charge in [0.15, 0.2) is 0 Å². The number of hydrogen-bond donors (Lipinski definition) is 2. The summed E-state index contributed by atoms with van der Waals surface area (Å²) in [5.41, 5.74) is 2.69. The summed E-state index contributed by atoms with van der Waals surface area (Å²) in [7, 11) is 0. The normalized spacial score (nSPS) is 10.5. The van der Waals surface area contributed by atoms with Crippen molar-refractivity contribution < 1.29 is 9.21 Å². The molecule has 0 aliphatic heterocycles. The largest absolute Gasteiger partial charge is 0.444 e. The van der Waals surface area contributed by atoms with Crippen LogP contribution in [-0.4, -0.2) is 15.4 Å². The van der Waals surface area contributed by atoms with Crippen LogP contribution in [0.4, 0.5) is 9.80 Å². The second kappa shape index (κ2) is 6.62. The Morgan fingerprint density at radius 1 is 1.26 bits per heavy atom. The summed E-state index contributed by atoms with van der Waals surface area (Å²) < 4.78 is 9.75. The van der Waals surface area contributed by atoms with Crippen molar-refractivity contribution in [2.45, 2.75) is 20.4 Å². The Morgan fingerprint density at radius 2 is 2.04 bits per heavy atom. The molecule has 3 aromatic rings. The lowest BCUT2D eigenvalue weighted by Gasteiger charge is -2.02. The zero-order chi connectivity index (χ0) is 16.2. The lowest BCUT2D eigenvalue weighted by Crippen LogP contribution is -2.27. The number of aryl methyl sites for hydroxylation is 2. The third kappa shape index (κ3) is 3.75. The Kier molecular flexibility index (Phi) is 4.38. The van der Waals surface area contributed by atoms with Crippen LogP contribution in [0.25, 0.3) is 11.3 Å². The van der Waals surface area contributed by atoms with E-state index >= 15 is 0 Å². The highest BCUT2D eigenvalue weighted by Gasteiger charge is 2.10. The molecule has 0 spiro atoms. The third-order valence-electron chi connectivity index (χ3n) is 3.29. The van der Waals surface area contributed by atoms with E-state index in [1.807, 2.05) is 50.2 Å². The fourth-order valence-electron chi connectivity index (χ4n) is 2.01. The standard InChI is InChI=1S/C16H16N4O2S/c1-10-11(2)22-14(18-10)9-17-16(21)19-15-8-13(20-23-15)12-6-4-3-5-7-12/h3-8H,9H2,1-2H3,(H2,17,19,21). The quantitative estimate of drug-likeness (QED) is 0.764. The van der Waals surface area contributed by atoms with E-state index in [0.717, 1.165) is 22.7 Å². The molecule has 0 bridgehead atoms. The Hall–Kier alpha value is -2.67. The summed E-state index contributed by atoms with van der Waals surface area (Å²) in [5.74, 6) is 1.25. The maximum Gasteiger partial charge on any atom is 0.320 e. The second-order valence-corrected chi connectivity index (χ2v) is 5.80. The van der Waals surface area contributed by atoms with Gasteiger partial charge >= 0.3 is 6.03 Å². The molecular weight excluding hydrogens is 312 g/mol. The van der Waals surface area contributed by atoms with Crippen molar-refractivity contribution in [3.8, 4) is 11.3 Å². The Balaban J connectivity index is 1.57. The highest BCUT2D eigenvalue weighted by molar-refractivity contribution is 7.10. The highest BCUT2D eigenvalue weighted by atomic mass is 32.1. The second-order valence-electron chi connectivity index (χ2n) is 5.00. The van der Waals surface area contributed by atoms with E-state index in [1.165, 1.54) is 11.5 Å². The van der Waals surface area contributed by atoms with E-state index in [0.29, 0.717) is 10.9 Å². The van der Waals surface area contributed by atoms with Crippen LogP contribution in [0.5, 0.6) is 0 Å². The van der Waals surface area contributed by atoms with Gasteiger partial charge < -0.3 is 9.73 Å². The summed E-state index contributed by atoms with van der Waals surface area (Å²) in [6.45, 7) is 3.95. The zero-order valence-electron chi connectivity index (χ0n) is 12.8. The number of urea groups is 1. The molecule has 118 valence electrons. The lowest BCUT2D eigenvalue weighted by molar-refractivity contribution is 0.250. The van der Waals surface area contributed by atoms with Gasteiger partial charge in [-0.1, -0.05) is 30.3 Å². The van der Waals surface area contributed by atoms with Gasteiger partial charge in [-0.05, 0) is 25.4 Å². The van der Waals surface area contributed by atoms with Crippen molar-refractivity contribution in [2.24, 2.45) is 0 Å². The van der Waals surface area contributed by atoms with Gasteiger partial charge in [0.2, 0.25) is 5.89 Å². The summed E-state index contributed by atoms with van der Waals surface area (Å²) in [6, 6.07) is 11.3. The molecule has 0 saturated carbocycles. The average Bonchev–Trinajstić information content (AvgIpc) is 3.13. The van der Waals surface area contributed by atoms with Gasteiger partial charge in [0, 0.05) is 11.6 Å². The minimum Gasteiger partial charge on any atom is -0.444 e. The van der Waals surface area contributed by atoms with E-state index in [-0.39, 0.29) is 12.6 Å². The van der Waals surface area contributed by atoms with Gasteiger partial charge in [0.25, 0.3) is 0 Å². The molecule has 0 aliphatic carbocycles. The molecule has 2 heterocycles. The molecule has 6 nitrogen and oxygen atoms in total. The van der Waals surface area contributed by atoms with Crippen molar-refractivity contribution in [3.63, 3.8) is 0 Å². The monoisotopic (exact) mass is 328 g/mol. The molecule has 2 aromatic heterocycles. The Labute approximate surface area is 137 Å². The number of anilines is 1. The maximum absolute atomic E-state index is 11.9. The first-order valence-corrected chi connectivity index (χ1v) is 7.89. The summed E-state index contributed by atoms with van der Waals surface area (Å²) in [5, 5.41) is 6.15. The van der Waals surface area contributed by atoms with Crippen LogP contribution in [0, 0.1) is 13.8 Å². The molecule has 7 heteroatoms. The Bertz CT molecular complexity index is 791. The van der Waals surface area contributed by atoms with Gasteiger partial charge in [-0.3, -0.25) is 5.32 Å². The molecule has 0 saturated heterocycles. The number of hydrogen-bond acceptors (Lipinski definition) is 5. The Morgan fingerprint density at radius 3 is 2.74 bits per heavy atom. The molecule has 0 aliphatic rings. The van der Waals surface area contributed by atoms with E-state index < -0.39 is 0 Å². The fraction of sp³-hybridized carbons (Fsp3) is 0.188. The smallest absolute Gasteiger partial charge is 0.320 e. The molecule has 0 radical (unpaired) electrons. The molecule has 23 heavy (non-hydrogen) atoms. The lowest BCUT2D eigenvalue weighted by atomic mass is 10.2. The maximum atomic E-state index is 11.9. The number of rotatable bonds is 4. The van der Waals surface area contributed by atoms with Crippen LogP contribution < -0.4 is 10.6 Å². The first-order chi connectivity index (χ1) is 11.1. The number of carbonyl (C=O) groups excluding carboxylic acids is 1. The number of aromatic nitrogens is 2. The van der Waals surface area contributed by atoms with Crippen LogP contribution >= 0.6 is 11.5 Å². The van der Waals surface area contributed by atoms with Crippen LogP contribution in [-0.2, 0) is 6.54 Å². The number of nitrogens with one attached hydrogen (secondary N) is 2. The van der Waals surface area contributed by atoms with Crippen LogP contribution in [0.15, 0.2) is 40.8 Å². The van der Waals surface area contributed by atoms with E-state index in [4.69, 9.17) is 4.42 Å². The van der Waals surface area contributed by atoms with Crippen LogP contribution in [0.1, 0.15) is 17.3 Å². The predicted octanol–water partition coefficient (Wildman–Crippen LogP) is 3.74. The van der Waals surface area contributed by atoms with Crippen molar-refractivity contribution >= 4 is 22.6 Å². The van der Waals surface area contributed by atoms with Crippen LogP contribution in [0.2, 0.25) is 0 Å². The molecule has 0 unspecified atom stereocenters. The molecule has 2 amide bonds. The first kappa shape index (κ1) is 15.2. The summed E-state index contributed by atoms with van der Waals surface area (Å²) in [4.78, 5) is 16.1. The topological polar surface area (TPSA) is 80.0 Å². The van der Waals surface area contributed by atoms with Crippen LogP contribution in [0.3, 0.4) is 0 Å². The molecule has 3 rings (SSSR count). The first-order valence-electron chi connectivity index (χ1n) is 7.12. The minimum absolute atomic E-state index is 0.241. The van der Waals surface area contributed by atoms with Crippen molar-refractivity contribution in [1.29, 1.82) is 0 Å². The third-order valence-corrected chi connectivity index (χ3v) is 3.99. The average molecular weight is 328 g/mol. The number of benzene rings is 1. The molecule has 0 fully saturated rings. The van der Waals surface area contributed by atoms with E-state index in [9.17, 15) is 4.79 Å². The van der Waals surface area contributed by atoms with Gasteiger partial charge in [-0.2, -0.15) is 4.37 Å². The fourth-order valence-corrected chi connectivity index (χ4v) is 2.66. The molecule has 2 N–H and O–H groups in total. The minimum atomic E-state index is -0.318. The van der Waals surface area contributed by atoms with Gasteiger partial charge in [-0.15, -0.1) is 0 Å². The zero-order valence-corrected chi connectivity index (χ0v) is 13.6. The molecular formula is C16H16N4O2S. The van der Waals surface area contributed by atoms with Gasteiger partial charge in [0.1, 0.15) is 10.8 Å². The molecule has 1 aromatic carbocycles. The summed E-state index contributed by atoms with van der Waals surface area (Å²) >= 11 is 1.24. The molecule has 0 atom stereocenters. The van der Waals surface area contributed by atoms with E-state index in [2.05, 4.69) is 20.0 Å². The predicted molar refractivity (Wildman–Crippen MR) is 89.4 cm³/mol. The van der Waals surface area contributed by atoms with Crippen molar-refractivity contribution in [1.82, 2.24) is 14.7 Å². The number of nitrogens with zero attached hydrogens (tertiary/aromatic N) is 2. The summed E-state index contributed by atoms with van der Waals surface area (Å²) in [6.07, 6.45) is 0. The number of amides is 2. The number of carbonyl (C=O) groups is 1. The van der Waals surface area contributed by atoms with E-state index in [1.54, 1.807) is 0 Å². The number of oxazole rings is 1. The van der Waals surface area contributed by atoms with Gasteiger partial charge in [0.05, 0.1) is 17.9 Å². The van der Waals surface area contributed by atoms with Crippen molar-refractivity contribution in [2.75, 3.05) is 5.32 Å². The van der Waals surface area contributed by atoms with Gasteiger partial charge in [-0.25, -0.2) is 9.78 Å². The SMILES string of the molecule is Cc1nc(CNC(=O)Nc2cc(-c3ccccc3)ns2)oc1C. The van der Waals surface area contributed by atoms with Crippen molar-refractivity contribution in [3.05, 3.63) is 53.7 Å².